The molecule has 0 aliphatic carbocycles. The largest absolute Gasteiger partial charge is 0.514 e. The monoisotopic (exact) mass is 267 g/mol. The lowest BCUT2D eigenvalue weighted by Gasteiger charge is -2.18. The number of nitro benzene ring substituents is 1. The van der Waals surface area contributed by atoms with E-state index < -0.39 is 16.7 Å². The molecule has 0 radical (unpaired) electrons. The normalized spacial score (nSPS) is 10.7. The van der Waals surface area contributed by atoms with E-state index in [1.165, 1.54) is 6.07 Å². The average molecular weight is 267 g/mol. The fourth-order valence-electron chi connectivity index (χ4n) is 1.22. The first-order valence-electron chi connectivity index (χ1n) is 5.37. The van der Waals surface area contributed by atoms with Gasteiger partial charge in [-0.2, -0.15) is 0 Å². The Labute approximate surface area is 109 Å². The smallest absolute Gasteiger partial charge is 0.428 e. The Hall–Kier alpha value is -2.44. The van der Waals surface area contributed by atoms with Crippen LogP contribution in [0.25, 0.3) is 0 Å². The first-order valence-corrected chi connectivity index (χ1v) is 5.37. The van der Waals surface area contributed by atoms with E-state index in [1.54, 1.807) is 20.8 Å². The van der Waals surface area contributed by atoms with Crippen LogP contribution < -0.4 is 4.74 Å². The molecular weight excluding hydrogens is 254 g/mol. The topological polar surface area (TPSA) is 95.7 Å². The van der Waals surface area contributed by atoms with Crippen molar-refractivity contribution in [3.63, 3.8) is 0 Å². The number of rotatable bonds is 3. The predicted molar refractivity (Wildman–Crippen MR) is 65.3 cm³/mol. The third-order valence-electron chi connectivity index (χ3n) is 1.91. The van der Waals surface area contributed by atoms with Gasteiger partial charge in [0, 0.05) is 6.07 Å². The molecular formula is C12H13NO6. The zero-order chi connectivity index (χ0) is 14.6. The Kier molecular flexibility index (Phi) is 4.21. The van der Waals surface area contributed by atoms with Gasteiger partial charge in [-0.1, -0.05) is 0 Å². The Morgan fingerprint density at radius 1 is 1.37 bits per heavy atom. The van der Waals surface area contributed by atoms with Crippen molar-refractivity contribution in [2.75, 3.05) is 0 Å². The molecule has 7 heteroatoms. The quantitative estimate of drug-likeness (QED) is 0.274. The molecule has 0 atom stereocenters. The van der Waals surface area contributed by atoms with Gasteiger partial charge in [0.15, 0.2) is 6.29 Å². The van der Waals surface area contributed by atoms with E-state index in [2.05, 4.69) is 0 Å². The maximum atomic E-state index is 11.4. The number of ether oxygens (including phenoxy) is 2. The van der Waals surface area contributed by atoms with E-state index in [4.69, 9.17) is 9.47 Å². The van der Waals surface area contributed by atoms with Crippen LogP contribution in [0.5, 0.6) is 5.75 Å². The molecule has 1 aromatic carbocycles. The summed E-state index contributed by atoms with van der Waals surface area (Å²) in [6.07, 6.45) is -0.627. The molecule has 7 nitrogen and oxygen atoms in total. The van der Waals surface area contributed by atoms with Crippen molar-refractivity contribution in [3.8, 4) is 5.75 Å². The minimum atomic E-state index is -0.946. The Balaban J connectivity index is 2.89. The predicted octanol–water partition coefficient (Wildman–Crippen LogP) is 2.72. The summed E-state index contributed by atoms with van der Waals surface area (Å²) in [7, 11) is 0. The van der Waals surface area contributed by atoms with Gasteiger partial charge in [-0.25, -0.2) is 4.79 Å². The van der Waals surface area contributed by atoms with E-state index in [-0.39, 0.29) is 17.0 Å². The number of aldehydes is 1. The van der Waals surface area contributed by atoms with Crippen LogP contribution in [0.2, 0.25) is 0 Å². The summed E-state index contributed by atoms with van der Waals surface area (Å²) in [5.41, 5.74) is -1.25. The number of benzene rings is 1. The number of hydrogen-bond acceptors (Lipinski definition) is 6. The highest BCUT2D eigenvalue weighted by Crippen LogP contribution is 2.23. The van der Waals surface area contributed by atoms with Gasteiger partial charge in [0.05, 0.1) is 10.5 Å². The molecule has 0 fully saturated rings. The average Bonchev–Trinajstić information content (AvgIpc) is 2.25. The number of nitrogens with zero attached hydrogens (tertiary/aromatic N) is 1. The maximum Gasteiger partial charge on any atom is 0.514 e. The fourth-order valence-corrected chi connectivity index (χ4v) is 1.22. The van der Waals surface area contributed by atoms with Gasteiger partial charge in [-0.05, 0) is 32.9 Å². The maximum absolute atomic E-state index is 11.4. The number of hydrogen-bond donors (Lipinski definition) is 0. The van der Waals surface area contributed by atoms with E-state index in [0.29, 0.717) is 6.29 Å². The van der Waals surface area contributed by atoms with Crippen molar-refractivity contribution in [1.29, 1.82) is 0 Å². The van der Waals surface area contributed by atoms with Gasteiger partial charge < -0.3 is 9.47 Å². The number of carbonyl (C=O) groups excluding carboxylic acids is 2. The lowest BCUT2D eigenvalue weighted by molar-refractivity contribution is -0.385. The summed E-state index contributed by atoms with van der Waals surface area (Å²) in [6, 6.07) is 3.41. The molecule has 0 unspecified atom stereocenters. The first kappa shape index (κ1) is 14.6. The van der Waals surface area contributed by atoms with Crippen LogP contribution in [0.4, 0.5) is 10.5 Å². The molecule has 0 N–H and O–H groups in total. The van der Waals surface area contributed by atoms with Crippen molar-refractivity contribution in [1.82, 2.24) is 0 Å². The molecule has 0 saturated carbocycles. The second-order valence-corrected chi connectivity index (χ2v) is 4.66. The standard InChI is InChI=1S/C12H13NO6/c1-12(2,3)19-11(15)18-9-4-5-10(13(16)17)8(6-9)7-14/h4-7H,1-3H3. The van der Waals surface area contributed by atoms with Gasteiger partial charge >= 0.3 is 6.16 Å². The van der Waals surface area contributed by atoms with E-state index >= 15 is 0 Å². The summed E-state index contributed by atoms with van der Waals surface area (Å²) in [4.78, 5) is 32.0. The highest BCUT2D eigenvalue weighted by molar-refractivity contribution is 5.82. The van der Waals surface area contributed by atoms with Gasteiger partial charge in [0.2, 0.25) is 0 Å². The van der Waals surface area contributed by atoms with Crippen LogP contribution >= 0.6 is 0 Å². The highest BCUT2D eigenvalue weighted by Gasteiger charge is 2.20. The highest BCUT2D eigenvalue weighted by atomic mass is 16.7. The third kappa shape index (κ3) is 4.38. The van der Waals surface area contributed by atoms with Crippen LogP contribution in [-0.4, -0.2) is 23.0 Å². The fraction of sp³-hybridized carbons (Fsp3) is 0.333. The van der Waals surface area contributed by atoms with E-state index in [1.807, 2.05) is 0 Å². The summed E-state index contributed by atoms with van der Waals surface area (Å²) in [5, 5.41) is 10.6. The second kappa shape index (κ2) is 5.47. The molecule has 19 heavy (non-hydrogen) atoms. The Bertz CT molecular complexity index is 517. The Morgan fingerprint density at radius 2 is 2.00 bits per heavy atom. The molecule has 0 aliphatic heterocycles. The number of carbonyl (C=O) groups is 2. The van der Waals surface area contributed by atoms with Gasteiger partial charge in [0.25, 0.3) is 5.69 Å². The Morgan fingerprint density at radius 3 is 2.47 bits per heavy atom. The summed E-state index contributed by atoms with van der Waals surface area (Å²) < 4.78 is 9.73. The molecule has 0 bridgehead atoms. The first-order chi connectivity index (χ1) is 8.73. The zero-order valence-electron chi connectivity index (χ0n) is 10.7. The van der Waals surface area contributed by atoms with Crippen LogP contribution in [0.3, 0.4) is 0 Å². The molecule has 0 spiro atoms. The molecule has 0 heterocycles. The lowest BCUT2D eigenvalue weighted by Crippen LogP contribution is -2.26. The number of nitro groups is 1. The van der Waals surface area contributed by atoms with Crippen molar-refractivity contribution in [3.05, 3.63) is 33.9 Å². The van der Waals surface area contributed by atoms with Crippen molar-refractivity contribution in [2.45, 2.75) is 26.4 Å². The minimum absolute atomic E-state index is 0.00181. The molecule has 1 rings (SSSR count). The summed E-state index contributed by atoms with van der Waals surface area (Å²) in [6.45, 7) is 5.00. The molecule has 1 aromatic rings. The molecule has 0 aliphatic rings. The van der Waals surface area contributed by atoms with Crippen LogP contribution in [0, 0.1) is 10.1 Å². The third-order valence-corrected chi connectivity index (χ3v) is 1.91. The van der Waals surface area contributed by atoms with Crippen LogP contribution in [-0.2, 0) is 4.74 Å². The van der Waals surface area contributed by atoms with Crippen molar-refractivity contribution >= 4 is 18.1 Å². The van der Waals surface area contributed by atoms with Crippen LogP contribution in [0.15, 0.2) is 18.2 Å². The van der Waals surface area contributed by atoms with Crippen LogP contribution in [0.1, 0.15) is 31.1 Å². The molecule has 0 aromatic heterocycles. The van der Waals surface area contributed by atoms with Gasteiger partial charge in [0.1, 0.15) is 11.4 Å². The molecule has 102 valence electrons. The SMILES string of the molecule is CC(C)(C)OC(=O)Oc1ccc([N+](=O)[O-])c(C=O)c1. The van der Waals surface area contributed by atoms with Crippen molar-refractivity contribution in [2.24, 2.45) is 0 Å². The lowest BCUT2D eigenvalue weighted by atomic mass is 10.2. The van der Waals surface area contributed by atoms with Gasteiger partial charge in [-0.3, -0.25) is 14.9 Å². The second-order valence-electron chi connectivity index (χ2n) is 4.66. The van der Waals surface area contributed by atoms with Crippen molar-refractivity contribution < 1.29 is 24.0 Å². The van der Waals surface area contributed by atoms with E-state index in [9.17, 15) is 19.7 Å². The zero-order valence-corrected chi connectivity index (χ0v) is 10.7. The van der Waals surface area contributed by atoms with Gasteiger partial charge in [-0.15, -0.1) is 0 Å². The minimum Gasteiger partial charge on any atom is -0.428 e. The molecule has 0 amide bonds. The summed E-state index contributed by atoms with van der Waals surface area (Å²) >= 11 is 0. The molecule has 0 saturated heterocycles. The summed E-state index contributed by atoms with van der Waals surface area (Å²) in [5.74, 6) is 0.00181. The van der Waals surface area contributed by atoms with E-state index in [0.717, 1.165) is 12.1 Å².